The Labute approximate surface area is 211 Å². The predicted octanol–water partition coefficient (Wildman–Crippen LogP) is 4.39. The molecular formula is C27H37NO6S. The smallest absolute Gasteiger partial charge is 0.348 e. The molecule has 0 saturated carbocycles. The maximum atomic E-state index is 12.6. The van der Waals surface area contributed by atoms with E-state index in [1.165, 1.54) is 11.3 Å². The number of hydrogen-bond acceptors (Lipinski definition) is 7. The molecule has 8 heteroatoms. The Kier molecular flexibility index (Phi) is 10.7. The molecule has 35 heavy (non-hydrogen) atoms. The van der Waals surface area contributed by atoms with E-state index in [9.17, 15) is 19.8 Å². The zero-order valence-corrected chi connectivity index (χ0v) is 21.2. The van der Waals surface area contributed by atoms with E-state index in [0.717, 1.165) is 67.5 Å². The molecule has 1 saturated heterocycles. The van der Waals surface area contributed by atoms with E-state index in [4.69, 9.17) is 9.84 Å². The number of carbonyl (C=O) groups is 2. The molecule has 1 aliphatic rings. The van der Waals surface area contributed by atoms with Gasteiger partial charge in [-0.05, 0) is 61.9 Å². The van der Waals surface area contributed by atoms with E-state index in [-0.39, 0.29) is 18.6 Å². The van der Waals surface area contributed by atoms with E-state index in [1.54, 1.807) is 6.07 Å². The number of amides is 1. The topological polar surface area (TPSA) is 107 Å². The maximum Gasteiger partial charge on any atom is 0.348 e. The van der Waals surface area contributed by atoms with Gasteiger partial charge in [0, 0.05) is 23.0 Å². The lowest BCUT2D eigenvalue weighted by molar-refractivity contribution is -0.117. The van der Waals surface area contributed by atoms with E-state index < -0.39 is 24.8 Å². The molecule has 1 amide bonds. The molecule has 0 bridgehead atoms. The highest BCUT2D eigenvalue weighted by atomic mass is 32.1. The van der Waals surface area contributed by atoms with Crippen molar-refractivity contribution in [3.63, 3.8) is 0 Å². The normalized spacial score (nSPS) is 17.5. The molecule has 1 aromatic heterocycles. The van der Waals surface area contributed by atoms with Gasteiger partial charge in [0.2, 0.25) is 5.91 Å². The number of ether oxygens (including phenoxy) is 1. The molecule has 1 fully saturated rings. The molecule has 7 nitrogen and oxygen atoms in total. The van der Waals surface area contributed by atoms with Crippen LogP contribution in [0.4, 0.5) is 5.69 Å². The van der Waals surface area contributed by atoms with Crippen LogP contribution in [-0.4, -0.2) is 52.6 Å². The summed E-state index contributed by atoms with van der Waals surface area (Å²) in [6.07, 6.45) is 6.40. The quantitative estimate of drug-likeness (QED) is 0.261. The van der Waals surface area contributed by atoms with Gasteiger partial charge < -0.3 is 25.0 Å². The van der Waals surface area contributed by atoms with Crippen LogP contribution in [0.1, 0.15) is 84.5 Å². The van der Waals surface area contributed by atoms with Crippen molar-refractivity contribution in [2.75, 3.05) is 18.1 Å². The molecule has 0 radical (unpaired) electrons. The fraction of sp³-hybridized carbons (Fsp3) is 0.556. The highest BCUT2D eigenvalue weighted by Gasteiger charge is 2.31. The van der Waals surface area contributed by atoms with E-state index in [0.29, 0.717) is 11.3 Å². The van der Waals surface area contributed by atoms with Gasteiger partial charge in [-0.15, -0.1) is 11.3 Å². The van der Waals surface area contributed by atoms with Gasteiger partial charge in [-0.1, -0.05) is 38.3 Å². The Balaban J connectivity index is 1.50. The first kappa shape index (κ1) is 27.3. The van der Waals surface area contributed by atoms with Gasteiger partial charge in [0.05, 0.1) is 12.7 Å². The van der Waals surface area contributed by atoms with Crippen molar-refractivity contribution in [2.24, 2.45) is 0 Å². The van der Waals surface area contributed by atoms with Crippen molar-refractivity contribution < 1.29 is 29.6 Å². The van der Waals surface area contributed by atoms with Gasteiger partial charge in [0.25, 0.3) is 0 Å². The third kappa shape index (κ3) is 7.87. The van der Waals surface area contributed by atoms with Crippen molar-refractivity contribution in [3.8, 4) is 0 Å². The molecule has 1 aliphatic heterocycles. The third-order valence-electron chi connectivity index (χ3n) is 6.40. The minimum Gasteiger partial charge on any atom is -0.459 e. The van der Waals surface area contributed by atoms with Gasteiger partial charge >= 0.3 is 5.97 Å². The summed E-state index contributed by atoms with van der Waals surface area (Å²) >= 11 is 1.37. The Bertz CT molecular complexity index is 943. The number of aliphatic hydroxyl groups excluding tert-OH is 3. The predicted molar refractivity (Wildman–Crippen MR) is 137 cm³/mol. The zero-order valence-electron chi connectivity index (χ0n) is 20.4. The number of aliphatic hydroxyl groups is 3. The molecule has 3 N–H and O–H groups in total. The minimum atomic E-state index is -1.07. The number of esters is 1. The van der Waals surface area contributed by atoms with Crippen LogP contribution in [0.2, 0.25) is 0 Å². The van der Waals surface area contributed by atoms with Gasteiger partial charge in [0.15, 0.2) is 0 Å². The molecule has 3 rings (SSSR count). The van der Waals surface area contributed by atoms with Crippen LogP contribution in [-0.2, 0) is 16.0 Å². The number of aryl methyl sites for hydroxylation is 1. The molecule has 1 aromatic carbocycles. The largest absolute Gasteiger partial charge is 0.459 e. The molecular weight excluding hydrogens is 466 g/mol. The summed E-state index contributed by atoms with van der Waals surface area (Å²) in [4.78, 5) is 28.1. The summed E-state index contributed by atoms with van der Waals surface area (Å²) in [6, 6.07) is 11.5. The van der Waals surface area contributed by atoms with Crippen LogP contribution in [0.25, 0.3) is 0 Å². The fourth-order valence-electron chi connectivity index (χ4n) is 4.41. The summed E-state index contributed by atoms with van der Waals surface area (Å²) in [7, 11) is 0. The lowest BCUT2D eigenvalue weighted by Gasteiger charge is -2.25. The van der Waals surface area contributed by atoms with E-state index in [2.05, 4.69) is 6.92 Å². The van der Waals surface area contributed by atoms with E-state index >= 15 is 0 Å². The number of anilines is 1. The Morgan fingerprint density at radius 2 is 1.91 bits per heavy atom. The Hall–Kier alpha value is -2.26. The fourth-order valence-corrected chi connectivity index (χ4v) is 5.36. The number of hydrogen-bond donors (Lipinski definition) is 3. The third-order valence-corrected chi connectivity index (χ3v) is 7.53. The number of nitrogens with zero attached hydrogens (tertiary/aromatic N) is 1. The standard InChI is InChI=1S/C27H37NO6S/c1-2-3-4-8-24(31)19-9-11-21(12-10-19)28-20(13-16-26(28)32)6-5-7-23-14-15-25(35-23)27(33)34-18-22(30)17-29/h9-12,14-15,20,22,24,29-31H,2-8,13,16-18H2,1H3/t20-,22+,24-/m0/s1. The summed E-state index contributed by atoms with van der Waals surface area (Å²) in [5.74, 6) is -0.363. The minimum absolute atomic E-state index is 0.137. The van der Waals surface area contributed by atoms with Crippen LogP contribution in [0.3, 0.4) is 0 Å². The lowest BCUT2D eigenvalue weighted by Crippen LogP contribution is -2.32. The summed E-state index contributed by atoms with van der Waals surface area (Å²) < 4.78 is 5.00. The van der Waals surface area contributed by atoms with Crippen molar-refractivity contribution >= 4 is 28.9 Å². The first-order chi connectivity index (χ1) is 16.9. The van der Waals surface area contributed by atoms with Crippen LogP contribution in [0.5, 0.6) is 0 Å². The monoisotopic (exact) mass is 503 g/mol. The summed E-state index contributed by atoms with van der Waals surface area (Å²) in [6.45, 7) is 1.47. The highest BCUT2D eigenvalue weighted by Crippen LogP contribution is 2.31. The molecule has 0 aliphatic carbocycles. The van der Waals surface area contributed by atoms with Crippen molar-refractivity contribution in [1.29, 1.82) is 0 Å². The second kappa shape index (κ2) is 13.7. The SMILES string of the molecule is CCCCC[C@H](O)c1ccc(N2C(=O)CC[C@@H]2CCCc2ccc(C(=O)OC[C@H](O)CO)s2)cc1. The van der Waals surface area contributed by atoms with Crippen molar-refractivity contribution in [2.45, 2.75) is 83.0 Å². The Morgan fingerprint density at radius 1 is 1.14 bits per heavy atom. The van der Waals surface area contributed by atoms with E-state index in [1.807, 2.05) is 35.2 Å². The average Bonchev–Trinajstić information content (AvgIpc) is 3.49. The second-order valence-corrected chi connectivity index (χ2v) is 10.3. The second-order valence-electron chi connectivity index (χ2n) is 9.15. The number of rotatable bonds is 14. The number of benzene rings is 1. The van der Waals surface area contributed by atoms with Crippen molar-refractivity contribution in [3.05, 3.63) is 51.7 Å². The molecule has 192 valence electrons. The lowest BCUT2D eigenvalue weighted by atomic mass is 10.0. The number of unbranched alkanes of at least 4 members (excludes halogenated alkanes) is 2. The van der Waals surface area contributed by atoms with Crippen LogP contribution in [0, 0.1) is 0 Å². The zero-order chi connectivity index (χ0) is 25.2. The van der Waals surface area contributed by atoms with Gasteiger partial charge in [-0.2, -0.15) is 0 Å². The Morgan fingerprint density at radius 3 is 2.63 bits per heavy atom. The molecule has 0 spiro atoms. The molecule has 0 unspecified atom stereocenters. The number of thiophene rings is 1. The molecule has 2 aromatic rings. The molecule has 3 atom stereocenters. The first-order valence-corrected chi connectivity index (χ1v) is 13.4. The van der Waals surface area contributed by atoms with Gasteiger partial charge in [-0.25, -0.2) is 4.79 Å². The first-order valence-electron chi connectivity index (χ1n) is 12.6. The molecule has 2 heterocycles. The number of carbonyl (C=O) groups excluding carboxylic acids is 2. The van der Waals surface area contributed by atoms with Crippen molar-refractivity contribution in [1.82, 2.24) is 0 Å². The van der Waals surface area contributed by atoms with Crippen LogP contribution in [0.15, 0.2) is 36.4 Å². The summed E-state index contributed by atoms with van der Waals surface area (Å²) in [5, 5.41) is 28.5. The van der Waals surface area contributed by atoms with Crippen LogP contribution < -0.4 is 4.90 Å². The average molecular weight is 504 g/mol. The van der Waals surface area contributed by atoms with Gasteiger partial charge in [0.1, 0.15) is 17.6 Å². The highest BCUT2D eigenvalue weighted by molar-refractivity contribution is 7.13. The summed E-state index contributed by atoms with van der Waals surface area (Å²) in [5.41, 5.74) is 1.78. The van der Waals surface area contributed by atoms with Crippen LogP contribution >= 0.6 is 11.3 Å². The van der Waals surface area contributed by atoms with Gasteiger partial charge in [-0.3, -0.25) is 4.79 Å². The maximum absolute atomic E-state index is 12.6.